The smallest absolute Gasteiger partial charge is 0.251 e. The zero-order valence-electron chi connectivity index (χ0n) is 16.5. The summed E-state index contributed by atoms with van der Waals surface area (Å²) in [5.41, 5.74) is 1.62. The third-order valence-electron chi connectivity index (χ3n) is 3.92. The summed E-state index contributed by atoms with van der Waals surface area (Å²) in [6, 6.07) is 13.3. The Hall–Kier alpha value is -3.09. The van der Waals surface area contributed by atoms with E-state index in [-0.39, 0.29) is 17.8 Å². The first-order chi connectivity index (χ1) is 13.5. The Morgan fingerprint density at radius 2 is 1.79 bits per heavy atom. The number of carbonyl (C=O) groups is 1. The van der Waals surface area contributed by atoms with Crippen molar-refractivity contribution in [2.24, 2.45) is 4.99 Å². The second-order valence-corrected chi connectivity index (χ2v) is 6.23. The largest absolute Gasteiger partial charge is 0.489 e. The van der Waals surface area contributed by atoms with E-state index in [1.165, 1.54) is 12.1 Å². The van der Waals surface area contributed by atoms with Crippen molar-refractivity contribution >= 4 is 11.9 Å². The fourth-order valence-corrected chi connectivity index (χ4v) is 2.45. The van der Waals surface area contributed by atoms with Gasteiger partial charge in [-0.15, -0.1) is 0 Å². The van der Waals surface area contributed by atoms with Crippen molar-refractivity contribution in [3.63, 3.8) is 0 Å². The highest BCUT2D eigenvalue weighted by Gasteiger charge is 2.07. The van der Waals surface area contributed by atoms with Crippen LogP contribution in [0.25, 0.3) is 0 Å². The van der Waals surface area contributed by atoms with Crippen LogP contribution in [0.5, 0.6) is 5.75 Å². The number of carbonyl (C=O) groups excluding carboxylic acids is 1. The Bertz CT molecular complexity index is 776. The number of ether oxygens (including phenoxy) is 1. The van der Waals surface area contributed by atoms with Crippen molar-refractivity contribution in [1.82, 2.24) is 16.0 Å². The maximum atomic E-state index is 13.0. The molecule has 1 atom stereocenters. The molecule has 0 saturated carbocycles. The molecule has 2 aromatic rings. The van der Waals surface area contributed by atoms with Crippen LogP contribution in [0.4, 0.5) is 4.39 Å². The Labute approximate surface area is 165 Å². The molecule has 150 valence electrons. The van der Waals surface area contributed by atoms with Crippen LogP contribution in [0.3, 0.4) is 0 Å². The topological polar surface area (TPSA) is 74.8 Å². The molecule has 0 aromatic heterocycles. The molecule has 1 amide bonds. The molecule has 0 radical (unpaired) electrons. The van der Waals surface area contributed by atoms with Crippen LogP contribution in [0.15, 0.2) is 53.5 Å². The molecule has 1 unspecified atom stereocenters. The fourth-order valence-electron chi connectivity index (χ4n) is 2.45. The molecule has 28 heavy (non-hydrogen) atoms. The van der Waals surface area contributed by atoms with Crippen molar-refractivity contribution in [2.75, 3.05) is 20.1 Å². The van der Waals surface area contributed by atoms with Gasteiger partial charge in [0.25, 0.3) is 5.91 Å². The summed E-state index contributed by atoms with van der Waals surface area (Å²) >= 11 is 0. The van der Waals surface area contributed by atoms with Gasteiger partial charge in [0.15, 0.2) is 5.96 Å². The van der Waals surface area contributed by atoms with E-state index in [0.29, 0.717) is 30.4 Å². The molecule has 6 nitrogen and oxygen atoms in total. The highest BCUT2D eigenvalue weighted by atomic mass is 19.1. The van der Waals surface area contributed by atoms with Gasteiger partial charge >= 0.3 is 0 Å². The number of halogens is 1. The summed E-state index contributed by atoms with van der Waals surface area (Å²) in [4.78, 5) is 16.1. The van der Waals surface area contributed by atoms with Gasteiger partial charge in [-0.3, -0.25) is 4.79 Å². The lowest BCUT2D eigenvalue weighted by Gasteiger charge is -2.17. The summed E-state index contributed by atoms with van der Waals surface area (Å²) in [7, 11) is 1.61. The Morgan fingerprint density at radius 1 is 1.11 bits per heavy atom. The van der Waals surface area contributed by atoms with E-state index in [0.717, 1.165) is 12.1 Å². The molecular formula is C21H27FN4O2. The monoisotopic (exact) mass is 386 g/mol. The minimum atomic E-state index is -0.289. The van der Waals surface area contributed by atoms with Gasteiger partial charge < -0.3 is 20.7 Å². The zero-order chi connectivity index (χ0) is 20.4. The molecule has 0 heterocycles. The number of nitrogens with one attached hydrogen (secondary N) is 3. The number of guanidine groups is 1. The number of rotatable bonds is 8. The third-order valence-corrected chi connectivity index (χ3v) is 3.92. The molecule has 0 fully saturated rings. The molecule has 3 N–H and O–H groups in total. The zero-order valence-corrected chi connectivity index (χ0v) is 16.5. The lowest BCUT2D eigenvalue weighted by Crippen LogP contribution is -2.41. The first-order valence-electron chi connectivity index (χ1n) is 9.27. The minimum Gasteiger partial charge on any atom is -0.489 e. The SMILES string of the molecule is CCNC(=NCc1ccc(C(=O)NC)cc1)NCC(C)Oc1ccc(F)cc1. The second-order valence-electron chi connectivity index (χ2n) is 6.23. The Balaban J connectivity index is 1.88. The van der Waals surface area contributed by atoms with E-state index in [1.54, 1.807) is 31.3 Å². The van der Waals surface area contributed by atoms with Crippen molar-refractivity contribution < 1.29 is 13.9 Å². The van der Waals surface area contributed by atoms with Crippen LogP contribution in [0, 0.1) is 5.82 Å². The van der Waals surface area contributed by atoms with Gasteiger partial charge in [0, 0.05) is 19.2 Å². The molecule has 0 aliphatic heterocycles. The summed E-state index contributed by atoms with van der Waals surface area (Å²) < 4.78 is 18.7. The maximum Gasteiger partial charge on any atom is 0.251 e. The number of aliphatic imine (C=N–C) groups is 1. The number of nitrogens with zero attached hydrogens (tertiary/aromatic N) is 1. The summed E-state index contributed by atoms with van der Waals surface area (Å²) in [6.07, 6.45) is -0.124. The number of hydrogen-bond acceptors (Lipinski definition) is 3. The van der Waals surface area contributed by atoms with Crippen LogP contribution < -0.4 is 20.7 Å². The highest BCUT2D eigenvalue weighted by Crippen LogP contribution is 2.12. The van der Waals surface area contributed by atoms with Crippen LogP contribution >= 0.6 is 0 Å². The third kappa shape index (κ3) is 6.90. The molecule has 0 aliphatic carbocycles. The lowest BCUT2D eigenvalue weighted by molar-refractivity contribution is 0.0963. The van der Waals surface area contributed by atoms with Gasteiger partial charge in [-0.25, -0.2) is 9.38 Å². The molecule has 0 saturated heterocycles. The summed E-state index contributed by atoms with van der Waals surface area (Å²) in [6.45, 7) is 5.68. The second kappa shape index (κ2) is 10.9. The van der Waals surface area contributed by atoms with Crippen molar-refractivity contribution in [3.8, 4) is 5.75 Å². The highest BCUT2D eigenvalue weighted by molar-refractivity contribution is 5.93. The van der Waals surface area contributed by atoms with Crippen molar-refractivity contribution in [2.45, 2.75) is 26.5 Å². The molecular weight excluding hydrogens is 359 g/mol. The normalized spacial score (nSPS) is 12.2. The average molecular weight is 386 g/mol. The number of amides is 1. The van der Waals surface area contributed by atoms with E-state index in [1.807, 2.05) is 26.0 Å². The molecule has 0 spiro atoms. The Morgan fingerprint density at radius 3 is 2.39 bits per heavy atom. The van der Waals surface area contributed by atoms with E-state index < -0.39 is 0 Å². The minimum absolute atomic E-state index is 0.111. The summed E-state index contributed by atoms with van der Waals surface area (Å²) in [5, 5.41) is 9.02. The molecule has 0 bridgehead atoms. The van der Waals surface area contributed by atoms with E-state index in [4.69, 9.17) is 4.74 Å². The van der Waals surface area contributed by atoms with Gasteiger partial charge in [0.2, 0.25) is 0 Å². The van der Waals surface area contributed by atoms with Gasteiger partial charge in [0.1, 0.15) is 17.7 Å². The van der Waals surface area contributed by atoms with E-state index in [2.05, 4.69) is 20.9 Å². The standard InChI is InChI=1S/C21H27FN4O2/c1-4-24-21(25-13-15(2)28-19-11-9-18(22)10-12-19)26-14-16-5-7-17(8-6-16)20(27)23-3/h5-12,15H,4,13-14H2,1-3H3,(H,23,27)(H2,24,25,26). The van der Waals surface area contributed by atoms with Gasteiger partial charge in [-0.2, -0.15) is 0 Å². The number of benzene rings is 2. The molecule has 7 heteroatoms. The Kier molecular flexibility index (Phi) is 8.27. The quantitative estimate of drug-likeness (QED) is 0.482. The first-order valence-corrected chi connectivity index (χ1v) is 9.27. The van der Waals surface area contributed by atoms with Crippen molar-refractivity contribution in [1.29, 1.82) is 0 Å². The van der Waals surface area contributed by atoms with Crippen molar-refractivity contribution in [3.05, 3.63) is 65.5 Å². The van der Waals surface area contributed by atoms with Crippen LogP contribution in [0.2, 0.25) is 0 Å². The molecule has 0 aliphatic rings. The predicted molar refractivity (Wildman–Crippen MR) is 109 cm³/mol. The first kappa shape index (κ1) is 21.2. The van der Waals surface area contributed by atoms with E-state index >= 15 is 0 Å². The van der Waals surface area contributed by atoms with Crippen LogP contribution in [-0.2, 0) is 6.54 Å². The van der Waals surface area contributed by atoms with Gasteiger partial charge in [-0.1, -0.05) is 12.1 Å². The molecule has 2 rings (SSSR count). The van der Waals surface area contributed by atoms with Crippen LogP contribution in [0.1, 0.15) is 29.8 Å². The maximum absolute atomic E-state index is 13.0. The van der Waals surface area contributed by atoms with Crippen LogP contribution in [-0.4, -0.2) is 38.1 Å². The average Bonchev–Trinajstić information content (AvgIpc) is 2.71. The van der Waals surface area contributed by atoms with Gasteiger partial charge in [-0.05, 0) is 55.8 Å². The summed E-state index contributed by atoms with van der Waals surface area (Å²) in [5.74, 6) is 0.893. The lowest BCUT2D eigenvalue weighted by atomic mass is 10.1. The fraction of sp³-hybridized carbons (Fsp3) is 0.333. The number of hydrogen-bond donors (Lipinski definition) is 3. The predicted octanol–water partition coefficient (Wildman–Crippen LogP) is 2.71. The van der Waals surface area contributed by atoms with Gasteiger partial charge in [0.05, 0.1) is 13.1 Å². The molecule has 2 aromatic carbocycles. The van der Waals surface area contributed by atoms with E-state index in [9.17, 15) is 9.18 Å².